The highest BCUT2D eigenvalue weighted by Crippen LogP contribution is 2.35. The van der Waals surface area contributed by atoms with Gasteiger partial charge in [-0.15, -0.1) is 10.2 Å². The van der Waals surface area contributed by atoms with E-state index in [1.807, 2.05) is 6.20 Å². The molecular formula is C14H19N5OS. The van der Waals surface area contributed by atoms with Crippen molar-refractivity contribution >= 4 is 16.5 Å². The number of hydrogen-bond donors (Lipinski definition) is 0. The first kappa shape index (κ1) is 13.2. The Labute approximate surface area is 127 Å². The summed E-state index contributed by atoms with van der Waals surface area (Å²) in [6, 6.07) is 0. The third kappa shape index (κ3) is 2.55. The molecule has 1 atom stereocenters. The minimum Gasteiger partial charge on any atom is -0.384 e. The maximum atomic E-state index is 5.45. The van der Waals surface area contributed by atoms with Gasteiger partial charge < -0.3 is 9.64 Å². The van der Waals surface area contributed by atoms with Crippen molar-refractivity contribution in [1.29, 1.82) is 0 Å². The number of ether oxygens (including phenoxy) is 1. The summed E-state index contributed by atoms with van der Waals surface area (Å²) in [6.45, 7) is 3.58. The van der Waals surface area contributed by atoms with Gasteiger partial charge in [-0.2, -0.15) is 5.10 Å². The predicted octanol–water partition coefficient (Wildman–Crippen LogP) is 1.89. The molecule has 2 aromatic heterocycles. The van der Waals surface area contributed by atoms with Gasteiger partial charge in [-0.05, 0) is 18.8 Å². The molecule has 0 saturated heterocycles. The van der Waals surface area contributed by atoms with Crippen LogP contribution in [0, 0.1) is 5.92 Å². The molecule has 21 heavy (non-hydrogen) atoms. The highest BCUT2D eigenvalue weighted by Gasteiger charge is 2.32. The molecule has 2 aliphatic rings. The van der Waals surface area contributed by atoms with Crippen LogP contribution in [-0.4, -0.2) is 40.2 Å². The van der Waals surface area contributed by atoms with Gasteiger partial charge in [0.25, 0.3) is 0 Å². The van der Waals surface area contributed by atoms with E-state index in [9.17, 15) is 0 Å². The zero-order chi connectivity index (χ0) is 14.2. The Morgan fingerprint density at radius 2 is 2.33 bits per heavy atom. The molecule has 7 heteroatoms. The molecule has 0 spiro atoms. The number of hydrogen-bond acceptors (Lipinski definition) is 6. The molecular weight excluding hydrogens is 286 g/mol. The lowest BCUT2D eigenvalue weighted by Crippen LogP contribution is -2.36. The summed E-state index contributed by atoms with van der Waals surface area (Å²) >= 11 is 1.59. The van der Waals surface area contributed by atoms with Crippen LogP contribution in [0.2, 0.25) is 0 Å². The summed E-state index contributed by atoms with van der Waals surface area (Å²) in [6.07, 6.45) is 4.72. The Hall–Kier alpha value is -1.47. The SMILES string of the molecule is COCC1CN(c2nncs2)Cc2cnn(CC3CC3)c21. The van der Waals surface area contributed by atoms with E-state index in [-0.39, 0.29) is 0 Å². The zero-order valence-corrected chi connectivity index (χ0v) is 12.9. The van der Waals surface area contributed by atoms with E-state index < -0.39 is 0 Å². The maximum Gasteiger partial charge on any atom is 0.208 e. The molecule has 0 aromatic carbocycles. The van der Waals surface area contributed by atoms with E-state index in [0.29, 0.717) is 5.92 Å². The molecule has 4 rings (SSSR count). The molecule has 2 aromatic rings. The number of anilines is 1. The average Bonchev–Trinajstić information content (AvgIpc) is 3.00. The van der Waals surface area contributed by atoms with Crippen LogP contribution < -0.4 is 4.90 Å². The third-order valence-electron chi connectivity index (χ3n) is 4.26. The lowest BCUT2D eigenvalue weighted by Gasteiger charge is -2.32. The second-order valence-corrected chi connectivity index (χ2v) is 6.75. The number of nitrogens with zero attached hydrogens (tertiary/aromatic N) is 5. The predicted molar refractivity (Wildman–Crippen MR) is 80.5 cm³/mol. The molecule has 0 bridgehead atoms. The first-order valence-electron chi connectivity index (χ1n) is 7.39. The Morgan fingerprint density at radius 3 is 3.05 bits per heavy atom. The molecule has 0 N–H and O–H groups in total. The maximum absolute atomic E-state index is 5.45. The molecule has 1 unspecified atom stereocenters. The highest BCUT2D eigenvalue weighted by atomic mass is 32.1. The van der Waals surface area contributed by atoms with E-state index in [4.69, 9.17) is 4.74 Å². The Balaban J connectivity index is 1.64. The van der Waals surface area contributed by atoms with Crippen molar-refractivity contribution in [2.45, 2.75) is 31.8 Å². The van der Waals surface area contributed by atoms with E-state index in [1.54, 1.807) is 24.0 Å². The number of rotatable bonds is 5. The molecule has 1 fully saturated rings. The highest BCUT2D eigenvalue weighted by molar-refractivity contribution is 7.13. The normalized spacial score (nSPS) is 21.6. The van der Waals surface area contributed by atoms with Gasteiger partial charge in [-0.3, -0.25) is 4.68 Å². The monoisotopic (exact) mass is 305 g/mol. The van der Waals surface area contributed by atoms with Crippen molar-refractivity contribution in [1.82, 2.24) is 20.0 Å². The Morgan fingerprint density at radius 1 is 1.43 bits per heavy atom. The summed E-state index contributed by atoms with van der Waals surface area (Å²) in [5.41, 5.74) is 4.45. The summed E-state index contributed by atoms with van der Waals surface area (Å²) in [5, 5.41) is 13.8. The topological polar surface area (TPSA) is 56.1 Å². The van der Waals surface area contributed by atoms with Gasteiger partial charge in [0.1, 0.15) is 5.51 Å². The fraction of sp³-hybridized carbons (Fsp3) is 0.643. The van der Waals surface area contributed by atoms with Crippen LogP contribution in [0.25, 0.3) is 0 Å². The molecule has 3 heterocycles. The Bertz CT molecular complexity index is 607. The van der Waals surface area contributed by atoms with Gasteiger partial charge in [-0.1, -0.05) is 11.3 Å². The molecule has 0 amide bonds. The van der Waals surface area contributed by atoms with Crippen molar-refractivity contribution in [3.63, 3.8) is 0 Å². The minimum absolute atomic E-state index is 0.351. The first-order valence-corrected chi connectivity index (χ1v) is 8.27. The summed E-state index contributed by atoms with van der Waals surface area (Å²) in [5.74, 6) is 1.18. The van der Waals surface area contributed by atoms with Crippen molar-refractivity contribution < 1.29 is 4.74 Å². The van der Waals surface area contributed by atoms with Crippen LogP contribution in [0.15, 0.2) is 11.7 Å². The number of aromatic nitrogens is 4. The molecule has 0 radical (unpaired) electrons. The van der Waals surface area contributed by atoms with Crippen LogP contribution in [0.1, 0.15) is 30.0 Å². The fourth-order valence-corrected chi connectivity index (χ4v) is 3.70. The van der Waals surface area contributed by atoms with Gasteiger partial charge in [0, 0.05) is 38.2 Å². The Kier molecular flexibility index (Phi) is 3.39. The van der Waals surface area contributed by atoms with Gasteiger partial charge in [0.05, 0.1) is 18.5 Å². The van der Waals surface area contributed by atoms with E-state index in [2.05, 4.69) is 24.9 Å². The van der Waals surface area contributed by atoms with Crippen molar-refractivity contribution in [3.05, 3.63) is 23.0 Å². The third-order valence-corrected chi connectivity index (χ3v) is 5.01. The standard InChI is InChI=1S/C14H19N5OS/c1-20-8-12-7-18(14-17-15-9-21-14)6-11-4-16-19(13(11)12)5-10-2-3-10/h4,9-10,12H,2-3,5-8H2,1H3. The van der Waals surface area contributed by atoms with Crippen LogP contribution in [0.4, 0.5) is 5.13 Å². The van der Waals surface area contributed by atoms with Gasteiger partial charge in [0.2, 0.25) is 5.13 Å². The lowest BCUT2D eigenvalue weighted by atomic mass is 9.97. The molecule has 1 aliphatic heterocycles. The molecule has 1 saturated carbocycles. The van der Waals surface area contributed by atoms with Crippen LogP contribution in [0.5, 0.6) is 0 Å². The van der Waals surface area contributed by atoms with Gasteiger partial charge in [0.15, 0.2) is 0 Å². The fourth-order valence-electron chi connectivity index (χ4n) is 3.12. The van der Waals surface area contributed by atoms with Crippen LogP contribution in [-0.2, 0) is 17.8 Å². The average molecular weight is 305 g/mol. The zero-order valence-electron chi connectivity index (χ0n) is 12.1. The lowest BCUT2D eigenvalue weighted by molar-refractivity contribution is 0.174. The molecule has 112 valence electrons. The van der Waals surface area contributed by atoms with Gasteiger partial charge in [-0.25, -0.2) is 0 Å². The van der Waals surface area contributed by atoms with Gasteiger partial charge >= 0.3 is 0 Å². The van der Waals surface area contributed by atoms with Crippen LogP contribution in [0.3, 0.4) is 0 Å². The first-order chi connectivity index (χ1) is 10.3. The number of methoxy groups -OCH3 is 1. The largest absolute Gasteiger partial charge is 0.384 e. The second-order valence-electron chi connectivity index (χ2n) is 5.93. The van der Waals surface area contributed by atoms with Crippen molar-refractivity contribution in [3.8, 4) is 0 Å². The second kappa shape index (κ2) is 5.38. The van der Waals surface area contributed by atoms with E-state index >= 15 is 0 Å². The molecule has 6 nitrogen and oxygen atoms in total. The molecule has 1 aliphatic carbocycles. The van der Waals surface area contributed by atoms with Crippen molar-refractivity contribution in [2.75, 3.05) is 25.2 Å². The summed E-state index contributed by atoms with van der Waals surface area (Å²) < 4.78 is 7.66. The number of fused-ring (bicyclic) bond motifs is 1. The van der Waals surface area contributed by atoms with E-state index in [0.717, 1.165) is 37.3 Å². The minimum atomic E-state index is 0.351. The summed E-state index contributed by atoms with van der Waals surface area (Å²) in [4.78, 5) is 2.28. The van der Waals surface area contributed by atoms with E-state index in [1.165, 1.54) is 24.1 Å². The smallest absolute Gasteiger partial charge is 0.208 e. The van der Waals surface area contributed by atoms with Crippen LogP contribution >= 0.6 is 11.3 Å². The summed E-state index contributed by atoms with van der Waals surface area (Å²) in [7, 11) is 1.77. The van der Waals surface area contributed by atoms with Crippen molar-refractivity contribution in [2.24, 2.45) is 5.92 Å². The quantitative estimate of drug-likeness (QED) is 0.844.